The van der Waals surface area contributed by atoms with Gasteiger partial charge < -0.3 is 11.5 Å². The Hall–Kier alpha value is -1.69. The van der Waals surface area contributed by atoms with Crippen LogP contribution in [0, 0.1) is 0 Å². The van der Waals surface area contributed by atoms with Crippen LogP contribution in [-0.4, -0.2) is 19.0 Å². The molecule has 5 N–H and O–H groups in total. The summed E-state index contributed by atoms with van der Waals surface area (Å²) in [5.74, 6) is -0.0279. The first-order chi connectivity index (χ1) is 8.02. The van der Waals surface area contributed by atoms with Crippen molar-refractivity contribution in [2.24, 2.45) is 16.5 Å². The minimum atomic E-state index is -3.03. The van der Waals surface area contributed by atoms with E-state index in [1.54, 1.807) is 18.2 Å². The molecule has 1 rings (SSSR count). The van der Waals surface area contributed by atoms with Gasteiger partial charge in [-0.15, -0.1) is 0 Å². The molecule has 0 aromatic heterocycles. The molecule has 0 amide bonds. The predicted octanol–water partition coefficient (Wildman–Crippen LogP) is 0.989. The summed E-state index contributed by atoms with van der Waals surface area (Å²) in [6.45, 7) is 0.471. The normalized spacial score (nSPS) is 11.2. The Kier molecular flexibility index (Phi) is 4.84. The summed E-state index contributed by atoms with van der Waals surface area (Å²) in [5, 5.41) is 2.16. The van der Waals surface area contributed by atoms with Crippen LogP contribution in [0.4, 0.5) is 8.78 Å². The van der Waals surface area contributed by atoms with Crippen molar-refractivity contribution in [1.82, 2.24) is 5.32 Å². The molecule has 4 nitrogen and oxygen atoms in total. The zero-order chi connectivity index (χ0) is 12.7. The van der Waals surface area contributed by atoms with Crippen molar-refractivity contribution in [2.75, 3.05) is 13.1 Å². The highest BCUT2D eigenvalue weighted by Crippen LogP contribution is 2.23. The van der Waals surface area contributed by atoms with Crippen molar-refractivity contribution in [3.8, 4) is 0 Å². The number of nitrogens with two attached hydrogens (primary N) is 2. The molecule has 0 atom stereocenters. The van der Waals surface area contributed by atoms with Gasteiger partial charge >= 0.3 is 6.05 Å². The summed E-state index contributed by atoms with van der Waals surface area (Å²) >= 11 is 0. The summed E-state index contributed by atoms with van der Waals surface area (Å²) in [6, 6.07) is 4.57. The van der Waals surface area contributed by atoms with Gasteiger partial charge in [0, 0.05) is 18.7 Å². The molecule has 0 aliphatic rings. The van der Waals surface area contributed by atoms with Gasteiger partial charge in [0.15, 0.2) is 5.96 Å². The fraction of sp³-hybridized carbons (Fsp3) is 0.364. The van der Waals surface area contributed by atoms with E-state index in [-0.39, 0.29) is 18.1 Å². The van der Waals surface area contributed by atoms with Gasteiger partial charge in [-0.1, -0.05) is 30.3 Å². The molecule has 0 heterocycles. The first kappa shape index (κ1) is 13.4. The molecule has 17 heavy (non-hydrogen) atoms. The molecule has 1 aromatic carbocycles. The second-order valence-electron chi connectivity index (χ2n) is 3.53. The molecular formula is C11H16F2N4. The number of halogens is 2. The van der Waals surface area contributed by atoms with Crippen molar-refractivity contribution < 1.29 is 8.78 Å². The van der Waals surface area contributed by atoms with Gasteiger partial charge in [-0.2, -0.15) is 8.78 Å². The molecule has 0 spiro atoms. The minimum Gasteiger partial charge on any atom is -0.370 e. The molecule has 0 aliphatic heterocycles. The van der Waals surface area contributed by atoms with Gasteiger partial charge in [0.2, 0.25) is 0 Å². The zero-order valence-electron chi connectivity index (χ0n) is 9.37. The number of nitrogens with zero attached hydrogens (tertiary/aromatic N) is 1. The fourth-order valence-corrected chi connectivity index (χ4v) is 1.28. The number of guanidine groups is 1. The summed E-state index contributed by atoms with van der Waals surface area (Å²) < 4.78 is 27.1. The lowest BCUT2D eigenvalue weighted by atomic mass is 10.2. The number of benzene rings is 1. The molecule has 0 saturated carbocycles. The van der Waals surface area contributed by atoms with Crippen LogP contribution in [0.15, 0.2) is 35.3 Å². The Morgan fingerprint density at radius 3 is 2.47 bits per heavy atom. The van der Waals surface area contributed by atoms with Crippen LogP contribution in [0.5, 0.6) is 0 Å². The molecule has 1 aromatic rings. The summed E-state index contributed by atoms with van der Waals surface area (Å²) in [7, 11) is 0. The number of nitrogens with one attached hydrogen (secondary N) is 1. The van der Waals surface area contributed by atoms with E-state index < -0.39 is 6.05 Å². The fourth-order valence-electron chi connectivity index (χ4n) is 1.28. The van der Waals surface area contributed by atoms with Gasteiger partial charge in [0.1, 0.15) is 0 Å². The van der Waals surface area contributed by atoms with Crippen molar-refractivity contribution in [3.63, 3.8) is 0 Å². The Bertz CT molecular complexity index is 361. The van der Waals surface area contributed by atoms with Gasteiger partial charge in [0.25, 0.3) is 0 Å². The number of hydrogen-bond acceptors (Lipinski definition) is 2. The highest BCUT2D eigenvalue weighted by atomic mass is 19.3. The van der Waals surface area contributed by atoms with E-state index in [1.807, 2.05) is 0 Å². The Labute approximate surface area is 98.7 Å². The molecular weight excluding hydrogens is 226 g/mol. The van der Waals surface area contributed by atoms with E-state index in [0.29, 0.717) is 13.0 Å². The topological polar surface area (TPSA) is 76.4 Å². The number of hydrogen-bond donors (Lipinski definition) is 3. The number of aliphatic imine (C=N–C) groups is 1. The van der Waals surface area contributed by atoms with Crippen molar-refractivity contribution in [1.29, 1.82) is 0 Å². The molecule has 0 unspecified atom stereocenters. The highest BCUT2D eigenvalue weighted by Gasteiger charge is 2.29. The lowest BCUT2D eigenvalue weighted by Gasteiger charge is -2.17. The smallest absolute Gasteiger partial charge is 0.329 e. The van der Waals surface area contributed by atoms with Crippen LogP contribution in [0.1, 0.15) is 12.0 Å². The van der Waals surface area contributed by atoms with E-state index >= 15 is 0 Å². The van der Waals surface area contributed by atoms with Crippen LogP contribution in [-0.2, 0) is 6.05 Å². The van der Waals surface area contributed by atoms with E-state index in [1.165, 1.54) is 12.1 Å². The average Bonchev–Trinajstić information content (AvgIpc) is 2.29. The molecule has 0 fully saturated rings. The molecule has 94 valence electrons. The number of rotatable bonds is 6. The van der Waals surface area contributed by atoms with Gasteiger partial charge in [-0.3, -0.25) is 10.3 Å². The zero-order valence-corrected chi connectivity index (χ0v) is 9.37. The molecule has 0 aliphatic carbocycles. The lowest BCUT2D eigenvalue weighted by Crippen LogP contribution is -2.34. The lowest BCUT2D eigenvalue weighted by molar-refractivity contribution is -0.0408. The molecule has 0 saturated heterocycles. The van der Waals surface area contributed by atoms with Gasteiger partial charge in [0.05, 0.1) is 0 Å². The van der Waals surface area contributed by atoms with E-state index in [4.69, 9.17) is 11.5 Å². The van der Waals surface area contributed by atoms with Gasteiger partial charge in [-0.25, -0.2) is 0 Å². The number of alkyl halides is 2. The van der Waals surface area contributed by atoms with Crippen LogP contribution in [0.25, 0.3) is 0 Å². The second kappa shape index (κ2) is 6.15. The molecule has 6 heteroatoms. The standard InChI is InChI=1S/C11H16F2N4/c12-11(13,9-5-2-1-3-6-9)17-8-4-7-16-10(14)15/h1-3,5-6,17H,4,7-8H2,(H4,14,15,16). The first-order valence-corrected chi connectivity index (χ1v) is 5.26. The summed E-state index contributed by atoms with van der Waals surface area (Å²) in [6.07, 6.45) is 0.445. The Morgan fingerprint density at radius 2 is 1.88 bits per heavy atom. The van der Waals surface area contributed by atoms with Gasteiger partial charge in [-0.05, 0) is 6.42 Å². The maximum atomic E-state index is 13.5. The average molecular weight is 242 g/mol. The SMILES string of the molecule is NC(N)=NCCCNC(F)(F)c1ccccc1. The van der Waals surface area contributed by atoms with E-state index in [0.717, 1.165) is 0 Å². The monoisotopic (exact) mass is 242 g/mol. The Balaban J connectivity index is 2.38. The quantitative estimate of drug-likeness (QED) is 0.301. The summed E-state index contributed by atoms with van der Waals surface area (Å²) in [4.78, 5) is 3.70. The largest absolute Gasteiger partial charge is 0.370 e. The van der Waals surface area contributed by atoms with E-state index in [2.05, 4.69) is 10.3 Å². The third kappa shape index (κ3) is 4.78. The first-order valence-electron chi connectivity index (χ1n) is 5.26. The summed E-state index contributed by atoms with van der Waals surface area (Å²) in [5.41, 5.74) is 10.2. The second-order valence-corrected chi connectivity index (χ2v) is 3.53. The van der Waals surface area contributed by atoms with Crippen molar-refractivity contribution >= 4 is 5.96 Å². The van der Waals surface area contributed by atoms with Crippen LogP contribution in [0.2, 0.25) is 0 Å². The van der Waals surface area contributed by atoms with Crippen LogP contribution < -0.4 is 16.8 Å². The highest BCUT2D eigenvalue weighted by molar-refractivity contribution is 5.75. The van der Waals surface area contributed by atoms with Crippen molar-refractivity contribution in [2.45, 2.75) is 12.5 Å². The van der Waals surface area contributed by atoms with E-state index in [9.17, 15) is 8.78 Å². The maximum absolute atomic E-state index is 13.5. The predicted molar refractivity (Wildman–Crippen MR) is 63.6 cm³/mol. The third-order valence-corrected chi connectivity index (χ3v) is 2.11. The Morgan fingerprint density at radius 1 is 1.24 bits per heavy atom. The van der Waals surface area contributed by atoms with Crippen LogP contribution >= 0.6 is 0 Å². The maximum Gasteiger partial charge on any atom is 0.329 e. The van der Waals surface area contributed by atoms with Crippen LogP contribution in [0.3, 0.4) is 0 Å². The minimum absolute atomic E-state index is 0.0279. The third-order valence-electron chi connectivity index (χ3n) is 2.11. The molecule has 0 radical (unpaired) electrons. The molecule has 0 bridgehead atoms. The van der Waals surface area contributed by atoms with Crippen molar-refractivity contribution in [3.05, 3.63) is 35.9 Å².